The molecule has 0 aromatic heterocycles. The molecule has 19 heavy (non-hydrogen) atoms. The molecule has 0 amide bonds. The van der Waals surface area contributed by atoms with E-state index in [1.807, 2.05) is 11.0 Å². The first-order valence-electron chi connectivity index (χ1n) is 5.95. The molecule has 0 spiro atoms. The van der Waals surface area contributed by atoms with Crippen LogP contribution in [-0.2, 0) is 16.4 Å². The third-order valence-electron chi connectivity index (χ3n) is 3.15. The number of nitrogens with two attached hydrogens (primary N) is 1. The monoisotopic (exact) mass is 320 g/mol. The van der Waals surface area contributed by atoms with E-state index >= 15 is 0 Å². The van der Waals surface area contributed by atoms with Crippen molar-refractivity contribution in [2.45, 2.75) is 11.9 Å². The van der Waals surface area contributed by atoms with E-state index in [0.29, 0.717) is 23.9 Å². The fraction of sp³-hybridized carbons (Fsp3) is 0.500. The number of benzene rings is 1. The first kappa shape index (κ1) is 15.0. The van der Waals surface area contributed by atoms with E-state index in [0.717, 1.165) is 17.0 Å². The van der Waals surface area contributed by atoms with E-state index in [1.54, 1.807) is 23.9 Å². The lowest BCUT2D eigenvalue weighted by Crippen LogP contribution is -2.47. The van der Waals surface area contributed by atoms with Crippen molar-refractivity contribution >= 4 is 38.9 Å². The standard InChI is InChI=1S/C12H17ClN2O2S2/c1-19(16,17)12-8-18-5-4-15(12)11-3-2-10(13)6-9(11)7-14/h2-3,6,12H,4-5,7-8,14H2,1H3. The lowest BCUT2D eigenvalue weighted by molar-refractivity contribution is 0.584. The average Bonchev–Trinajstić information content (AvgIpc) is 2.37. The van der Waals surface area contributed by atoms with Crippen LogP contribution >= 0.6 is 23.4 Å². The second-order valence-electron chi connectivity index (χ2n) is 4.53. The molecule has 1 aromatic carbocycles. The van der Waals surface area contributed by atoms with Gasteiger partial charge in [-0.1, -0.05) is 11.6 Å². The minimum absolute atomic E-state index is 0.343. The SMILES string of the molecule is CS(=O)(=O)C1CSCCN1c1ccc(Cl)cc1CN. The van der Waals surface area contributed by atoms with Gasteiger partial charge in [-0.3, -0.25) is 0 Å². The average molecular weight is 321 g/mol. The molecule has 2 rings (SSSR count). The molecule has 1 heterocycles. The maximum atomic E-state index is 11.9. The maximum Gasteiger partial charge on any atom is 0.169 e. The van der Waals surface area contributed by atoms with Crippen LogP contribution in [0.1, 0.15) is 5.56 Å². The van der Waals surface area contributed by atoms with E-state index in [9.17, 15) is 8.42 Å². The Morgan fingerprint density at radius 2 is 2.26 bits per heavy atom. The number of thioether (sulfide) groups is 1. The van der Waals surface area contributed by atoms with Crippen LogP contribution < -0.4 is 10.6 Å². The number of sulfone groups is 1. The number of nitrogens with zero attached hydrogens (tertiary/aromatic N) is 1. The summed E-state index contributed by atoms with van der Waals surface area (Å²) in [6, 6.07) is 5.44. The van der Waals surface area contributed by atoms with Crippen molar-refractivity contribution in [3.8, 4) is 0 Å². The minimum atomic E-state index is -3.13. The van der Waals surface area contributed by atoms with Gasteiger partial charge in [0.15, 0.2) is 9.84 Å². The van der Waals surface area contributed by atoms with Crippen LogP contribution in [0.3, 0.4) is 0 Å². The van der Waals surface area contributed by atoms with Gasteiger partial charge in [0.25, 0.3) is 0 Å². The Kier molecular flexibility index (Phi) is 4.66. The molecular weight excluding hydrogens is 304 g/mol. The smallest absolute Gasteiger partial charge is 0.169 e. The largest absolute Gasteiger partial charge is 0.353 e. The van der Waals surface area contributed by atoms with E-state index < -0.39 is 15.2 Å². The summed E-state index contributed by atoms with van der Waals surface area (Å²) in [5, 5.41) is 0.129. The van der Waals surface area contributed by atoms with Gasteiger partial charge < -0.3 is 10.6 Å². The lowest BCUT2D eigenvalue weighted by Gasteiger charge is -2.37. The van der Waals surface area contributed by atoms with Gasteiger partial charge in [0.2, 0.25) is 0 Å². The quantitative estimate of drug-likeness (QED) is 0.919. The van der Waals surface area contributed by atoms with Crippen molar-refractivity contribution in [2.75, 3.05) is 29.2 Å². The van der Waals surface area contributed by atoms with Gasteiger partial charge in [0.1, 0.15) is 5.37 Å². The molecule has 1 aliphatic heterocycles. The van der Waals surface area contributed by atoms with Crippen molar-refractivity contribution in [1.82, 2.24) is 0 Å². The van der Waals surface area contributed by atoms with Gasteiger partial charge in [-0.05, 0) is 23.8 Å². The summed E-state index contributed by atoms with van der Waals surface area (Å²) in [6.07, 6.45) is 1.29. The molecule has 1 unspecified atom stereocenters. The van der Waals surface area contributed by atoms with Crippen LogP contribution in [0.2, 0.25) is 5.02 Å². The molecular formula is C12H17ClN2O2S2. The topological polar surface area (TPSA) is 63.4 Å². The van der Waals surface area contributed by atoms with Crippen molar-refractivity contribution in [1.29, 1.82) is 0 Å². The molecule has 2 N–H and O–H groups in total. The Morgan fingerprint density at radius 1 is 1.53 bits per heavy atom. The third kappa shape index (κ3) is 3.37. The molecule has 106 valence electrons. The second-order valence-corrected chi connectivity index (χ2v) is 8.32. The Hall–Kier alpha value is -0.430. The fourth-order valence-corrected chi connectivity index (χ4v) is 5.24. The molecule has 0 bridgehead atoms. The highest BCUT2D eigenvalue weighted by Crippen LogP contribution is 2.30. The summed E-state index contributed by atoms with van der Waals surface area (Å²) in [5.41, 5.74) is 7.50. The van der Waals surface area contributed by atoms with Crippen LogP contribution in [0.25, 0.3) is 0 Å². The molecule has 7 heteroatoms. The summed E-state index contributed by atoms with van der Waals surface area (Å²) < 4.78 is 23.8. The van der Waals surface area contributed by atoms with E-state index in [4.69, 9.17) is 17.3 Å². The van der Waals surface area contributed by atoms with Gasteiger partial charge >= 0.3 is 0 Å². The number of anilines is 1. The van der Waals surface area contributed by atoms with Crippen molar-refractivity contribution < 1.29 is 8.42 Å². The van der Waals surface area contributed by atoms with E-state index in [2.05, 4.69) is 0 Å². The summed E-state index contributed by atoms with van der Waals surface area (Å²) in [5.74, 6) is 1.50. The predicted molar refractivity (Wildman–Crippen MR) is 82.6 cm³/mol. The van der Waals surface area contributed by atoms with Gasteiger partial charge in [0, 0.05) is 41.6 Å². The van der Waals surface area contributed by atoms with Crippen LogP contribution in [0.5, 0.6) is 0 Å². The van der Waals surface area contributed by atoms with Gasteiger partial charge in [-0.15, -0.1) is 0 Å². The second kappa shape index (κ2) is 5.91. The van der Waals surface area contributed by atoms with Gasteiger partial charge in [-0.25, -0.2) is 8.42 Å². The van der Waals surface area contributed by atoms with Gasteiger partial charge in [-0.2, -0.15) is 11.8 Å². The maximum absolute atomic E-state index is 11.9. The number of rotatable bonds is 3. The van der Waals surface area contributed by atoms with Crippen LogP contribution in [-0.4, -0.2) is 38.1 Å². The third-order valence-corrected chi connectivity index (χ3v) is 6.03. The van der Waals surface area contributed by atoms with E-state index in [1.165, 1.54) is 6.26 Å². The zero-order valence-electron chi connectivity index (χ0n) is 10.7. The molecule has 4 nitrogen and oxygen atoms in total. The Labute approximate surface area is 123 Å². The summed E-state index contributed by atoms with van der Waals surface area (Å²) in [4.78, 5) is 1.93. The highest BCUT2D eigenvalue weighted by molar-refractivity contribution is 8.01. The minimum Gasteiger partial charge on any atom is -0.353 e. The fourth-order valence-electron chi connectivity index (χ4n) is 2.21. The zero-order valence-corrected chi connectivity index (χ0v) is 13.1. The Balaban J connectivity index is 2.43. The highest BCUT2D eigenvalue weighted by Gasteiger charge is 2.32. The predicted octanol–water partition coefficient (Wildman–Crippen LogP) is 1.72. The lowest BCUT2D eigenvalue weighted by atomic mass is 10.1. The van der Waals surface area contributed by atoms with Crippen molar-refractivity contribution in [2.24, 2.45) is 5.73 Å². The molecule has 1 fully saturated rings. The van der Waals surface area contributed by atoms with E-state index in [-0.39, 0.29) is 0 Å². The number of hydrogen-bond donors (Lipinski definition) is 1. The van der Waals surface area contributed by atoms with Crippen LogP contribution in [0.4, 0.5) is 5.69 Å². The molecule has 1 aromatic rings. The molecule has 1 atom stereocenters. The normalized spacial score (nSPS) is 20.6. The number of hydrogen-bond acceptors (Lipinski definition) is 5. The molecule has 0 radical (unpaired) electrons. The highest BCUT2D eigenvalue weighted by atomic mass is 35.5. The first-order valence-corrected chi connectivity index (χ1v) is 9.44. The molecule has 0 aliphatic carbocycles. The Bertz CT molecular complexity index is 563. The number of halogens is 1. The Morgan fingerprint density at radius 3 is 2.89 bits per heavy atom. The summed E-state index contributed by atoms with van der Waals surface area (Å²) >= 11 is 7.63. The van der Waals surface area contributed by atoms with Crippen molar-refractivity contribution in [3.63, 3.8) is 0 Å². The molecule has 1 aliphatic rings. The van der Waals surface area contributed by atoms with Crippen molar-refractivity contribution in [3.05, 3.63) is 28.8 Å². The summed E-state index contributed by atoms with van der Waals surface area (Å²) in [6.45, 7) is 1.05. The first-order chi connectivity index (χ1) is 8.93. The van der Waals surface area contributed by atoms with Gasteiger partial charge in [0.05, 0.1) is 0 Å². The summed E-state index contributed by atoms with van der Waals surface area (Å²) in [7, 11) is -3.13. The zero-order chi connectivity index (χ0) is 14.0. The molecule has 0 saturated carbocycles. The molecule has 1 saturated heterocycles. The van der Waals surface area contributed by atoms with Crippen LogP contribution in [0.15, 0.2) is 18.2 Å². The van der Waals surface area contributed by atoms with Crippen LogP contribution in [0, 0.1) is 0 Å².